The van der Waals surface area contributed by atoms with Crippen LogP contribution >= 0.6 is 0 Å². The van der Waals surface area contributed by atoms with Crippen molar-refractivity contribution in [3.05, 3.63) is 0 Å². The summed E-state index contributed by atoms with van der Waals surface area (Å²) in [6, 6.07) is 0.395. The standard InChI is InChI=1S/C13H23NO3/c1-9(17-8-10-3-4-10)7-13(2,12(15)16)14-11-5-6-11/h9-11,14H,3-8H2,1-2H3,(H,15,16). The largest absolute Gasteiger partial charge is 0.480 e. The third kappa shape index (κ3) is 3.96. The van der Waals surface area contributed by atoms with Crippen LogP contribution in [0.25, 0.3) is 0 Å². The van der Waals surface area contributed by atoms with Gasteiger partial charge in [-0.05, 0) is 45.4 Å². The maximum atomic E-state index is 11.4. The molecular formula is C13H23NO3. The van der Waals surface area contributed by atoms with Gasteiger partial charge >= 0.3 is 5.97 Å². The molecule has 0 radical (unpaired) electrons. The smallest absolute Gasteiger partial charge is 0.323 e. The summed E-state index contributed by atoms with van der Waals surface area (Å²) < 4.78 is 5.71. The Morgan fingerprint density at radius 3 is 2.59 bits per heavy atom. The molecule has 4 nitrogen and oxygen atoms in total. The van der Waals surface area contributed by atoms with E-state index in [0.717, 1.165) is 25.4 Å². The summed E-state index contributed by atoms with van der Waals surface area (Å²) in [7, 11) is 0. The molecule has 0 aromatic heterocycles. The minimum Gasteiger partial charge on any atom is -0.480 e. The highest BCUT2D eigenvalue weighted by molar-refractivity contribution is 5.78. The van der Waals surface area contributed by atoms with Crippen molar-refractivity contribution in [2.75, 3.05) is 6.61 Å². The number of nitrogens with one attached hydrogen (secondary N) is 1. The van der Waals surface area contributed by atoms with Crippen molar-refractivity contribution >= 4 is 5.97 Å². The first-order valence-corrected chi connectivity index (χ1v) is 6.62. The van der Waals surface area contributed by atoms with Crippen LogP contribution in [-0.4, -0.2) is 35.4 Å². The number of carbonyl (C=O) groups is 1. The van der Waals surface area contributed by atoms with Crippen LogP contribution in [0.1, 0.15) is 46.0 Å². The molecule has 2 atom stereocenters. The summed E-state index contributed by atoms with van der Waals surface area (Å²) in [4.78, 5) is 11.4. The molecule has 0 spiro atoms. The summed E-state index contributed by atoms with van der Waals surface area (Å²) in [6.45, 7) is 4.53. The highest BCUT2D eigenvalue weighted by Gasteiger charge is 2.39. The fourth-order valence-corrected chi connectivity index (χ4v) is 2.10. The van der Waals surface area contributed by atoms with Gasteiger partial charge in [-0.2, -0.15) is 0 Å². The second-order valence-electron chi connectivity index (χ2n) is 5.85. The Morgan fingerprint density at radius 1 is 1.47 bits per heavy atom. The van der Waals surface area contributed by atoms with Crippen LogP contribution in [0.2, 0.25) is 0 Å². The molecule has 0 saturated heterocycles. The van der Waals surface area contributed by atoms with E-state index >= 15 is 0 Å². The van der Waals surface area contributed by atoms with Crippen molar-refractivity contribution in [3.8, 4) is 0 Å². The van der Waals surface area contributed by atoms with Crippen LogP contribution in [-0.2, 0) is 9.53 Å². The van der Waals surface area contributed by atoms with Crippen molar-refractivity contribution < 1.29 is 14.6 Å². The Kier molecular flexibility index (Phi) is 3.73. The predicted molar refractivity (Wildman–Crippen MR) is 65.0 cm³/mol. The van der Waals surface area contributed by atoms with Crippen molar-refractivity contribution in [3.63, 3.8) is 0 Å². The second kappa shape index (κ2) is 4.94. The van der Waals surface area contributed by atoms with E-state index < -0.39 is 11.5 Å². The van der Waals surface area contributed by atoms with E-state index in [1.807, 2.05) is 6.92 Å². The van der Waals surface area contributed by atoms with Gasteiger partial charge in [-0.1, -0.05) is 0 Å². The molecule has 2 aliphatic rings. The molecule has 98 valence electrons. The van der Waals surface area contributed by atoms with E-state index in [1.54, 1.807) is 6.92 Å². The number of ether oxygens (including phenoxy) is 1. The molecule has 4 heteroatoms. The number of hydrogen-bond acceptors (Lipinski definition) is 3. The topological polar surface area (TPSA) is 58.6 Å². The highest BCUT2D eigenvalue weighted by atomic mass is 16.5. The van der Waals surface area contributed by atoms with Gasteiger partial charge in [0.2, 0.25) is 0 Å². The number of carboxylic acid groups (broad SMARTS) is 1. The van der Waals surface area contributed by atoms with E-state index in [2.05, 4.69) is 5.32 Å². The van der Waals surface area contributed by atoms with Crippen LogP contribution < -0.4 is 5.32 Å². The van der Waals surface area contributed by atoms with Crippen LogP contribution in [0.4, 0.5) is 0 Å². The Morgan fingerprint density at radius 2 is 2.12 bits per heavy atom. The molecule has 2 N–H and O–H groups in total. The van der Waals surface area contributed by atoms with Crippen LogP contribution in [0, 0.1) is 5.92 Å². The van der Waals surface area contributed by atoms with Gasteiger partial charge in [0.1, 0.15) is 5.54 Å². The fourth-order valence-electron chi connectivity index (χ4n) is 2.10. The lowest BCUT2D eigenvalue weighted by atomic mass is 9.94. The van der Waals surface area contributed by atoms with E-state index in [-0.39, 0.29) is 6.10 Å². The number of rotatable bonds is 8. The molecule has 2 saturated carbocycles. The van der Waals surface area contributed by atoms with Crippen molar-refractivity contribution in [2.24, 2.45) is 5.92 Å². The Labute approximate surface area is 103 Å². The normalized spacial score (nSPS) is 25.3. The van der Waals surface area contributed by atoms with E-state index in [9.17, 15) is 9.90 Å². The molecule has 0 aromatic rings. The molecule has 0 aliphatic heterocycles. The van der Waals surface area contributed by atoms with Crippen molar-refractivity contribution in [2.45, 2.75) is 63.6 Å². The minimum atomic E-state index is -0.843. The fraction of sp³-hybridized carbons (Fsp3) is 0.923. The highest BCUT2D eigenvalue weighted by Crippen LogP contribution is 2.30. The van der Waals surface area contributed by atoms with Crippen LogP contribution in [0.3, 0.4) is 0 Å². The van der Waals surface area contributed by atoms with Gasteiger partial charge in [0.15, 0.2) is 0 Å². The third-order valence-electron chi connectivity index (χ3n) is 3.58. The molecule has 0 heterocycles. The quantitative estimate of drug-likeness (QED) is 0.680. The molecule has 0 amide bonds. The van der Waals surface area contributed by atoms with Gasteiger partial charge in [-0.15, -0.1) is 0 Å². The van der Waals surface area contributed by atoms with Gasteiger partial charge in [-0.25, -0.2) is 0 Å². The van der Waals surface area contributed by atoms with E-state index in [1.165, 1.54) is 12.8 Å². The number of aliphatic carboxylic acids is 1. The molecule has 17 heavy (non-hydrogen) atoms. The van der Waals surface area contributed by atoms with Gasteiger partial charge in [-0.3, -0.25) is 10.1 Å². The van der Waals surface area contributed by atoms with Gasteiger partial charge in [0, 0.05) is 19.1 Å². The third-order valence-corrected chi connectivity index (χ3v) is 3.58. The van der Waals surface area contributed by atoms with Gasteiger partial charge in [0.05, 0.1) is 6.10 Å². The lowest BCUT2D eigenvalue weighted by Gasteiger charge is -2.29. The summed E-state index contributed by atoms with van der Waals surface area (Å²) >= 11 is 0. The summed E-state index contributed by atoms with van der Waals surface area (Å²) in [6.07, 6.45) is 5.27. The molecule has 2 fully saturated rings. The summed E-state index contributed by atoms with van der Waals surface area (Å²) in [5, 5.41) is 12.6. The zero-order valence-corrected chi connectivity index (χ0v) is 10.7. The molecule has 2 unspecified atom stereocenters. The average molecular weight is 241 g/mol. The summed E-state index contributed by atoms with van der Waals surface area (Å²) in [5.41, 5.74) is -0.843. The SMILES string of the molecule is CC(CC(C)(NC1CC1)C(=O)O)OCC1CC1. The van der Waals surface area contributed by atoms with Gasteiger partial charge < -0.3 is 9.84 Å². The lowest BCUT2D eigenvalue weighted by molar-refractivity contribution is -0.146. The maximum absolute atomic E-state index is 11.4. The summed E-state index contributed by atoms with van der Waals surface area (Å²) in [5.74, 6) is -0.0452. The first-order chi connectivity index (χ1) is 7.99. The van der Waals surface area contributed by atoms with Crippen LogP contribution in [0.15, 0.2) is 0 Å². The molecule has 2 aliphatic carbocycles. The average Bonchev–Trinajstić information content (AvgIpc) is 3.09. The van der Waals surface area contributed by atoms with Crippen LogP contribution in [0.5, 0.6) is 0 Å². The zero-order chi connectivity index (χ0) is 12.5. The minimum absolute atomic E-state index is 0.00273. The van der Waals surface area contributed by atoms with Crippen molar-refractivity contribution in [1.82, 2.24) is 5.32 Å². The Hall–Kier alpha value is -0.610. The molecule has 0 aromatic carbocycles. The first kappa shape index (κ1) is 12.8. The molecule has 0 bridgehead atoms. The number of hydrogen-bond donors (Lipinski definition) is 2. The Bertz CT molecular complexity index is 286. The molecule has 2 rings (SSSR count). The van der Waals surface area contributed by atoms with E-state index in [4.69, 9.17) is 4.74 Å². The second-order valence-corrected chi connectivity index (χ2v) is 5.85. The maximum Gasteiger partial charge on any atom is 0.323 e. The zero-order valence-electron chi connectivity index (χ0n) is 10.7. The Balaban J connectivity index is 1.79. The number of carboxylic acids is 1. The lowest BCUT2D eigenvalue weighted by Crippen LogP contribution is -2.52. The van der Waals surface area contributed by atoms with Gasteiger partial charge in [0.25, 0.3) is 0 Å². The molecular weight excluding hydrogens is 218 g/mol. The van der Waals surface area contributed by atoms with Crippen molar-refractivity contribution in [1.29, 1.82) is 0 Å². The van der Waals surface area contributed by atoms with E-state index in [0.29, 0.717) is 12.5 Å². The first-order valence-electron chi connectivity index (χ1n) is 6.62. The predicted octanol–water partition coefficient (Wildman–Crippen LogP) is 1.79. The monoisotopic (exact) mass is 241 g/mol.